The Morgan fingerprint density at radius 1 is 1.24 bits per heavy atom. The second-order valence-electron chi connectivity index (χ2n) is 6.82. The van der Waals surface area contributed by atoms with Crippen molar-refractivity contribution in [2.75, 3.05) is 56.2 Å². The van der Waals surface area contributed by atoms with Crippen LogP contribution < -0.4 is 20.9 Å². The van der Waals surface area contributed by atoms with Crippen molar-refractivity contribution in [3.8, 4) is 0 Å². The predicted molar refractivity (Wildman–Crippen MR) is 95.6 cm³/mol. The van der Waals surface area contributed by atoms with Gasteiger partial charge >= 0.3 is 0 Å². The van der Waals surface area contributed by atoms with Crippen molar-refractivity contribution < 1.29 is 19.2 Å². The lowest BCUT2D eigenvalue weighted by molar-refractivity contribution is -0.899. The van der Waals surface area contributed by atoms with Crippen molar-refractivity contribution in [2.24, 2.45) is 11.7 Å². The molecule has 0 radical (unpaired) electrons. The van der Waals surface area contributed by atoms with Crippen LogP contribution in [-0.4, -0.2) is 57.8 Å². The summed E-state index contributed by atoms with van der Waals surface area (Å²) in [6.07, 6.45) is 1.77. The third-order valence-corrected chi connectivity index (χ3v) is 4.96. The lowest BCUT2D eigenvalue weighted by Crippen LogP contribution is -3.14. The number of carbonyl (C=O) groups is 2. The van der Waals surface area contributed by atoms with E-state index in [0.717, 1.165) is 62.0 Å². The van der Waals surface area contributed by atoms with Gasteiger partial charge in [0.1, 0.15) is 0 Å². The molecule has 136 valence electrons. The normalized spacial score (nSPS) is 23.9. The van der Waals surface area contributed by atoms with Gasteiger partial charge in [0.15, 0.2) is 6.54 Å². The van der Waals surface area contributed by atoms with Gasteiger partial charge < -0.3 is 25.6 Å². The SMILES string of the molecule is NC(=O)[C@@H]1CCC[NH+](CC(=O)Nc2ccc(N3CCOCC3)cc2)C1. The Hall–Kier alpha value is -2.12. The highest BCUT2D eigenvalue weighted by Crippen LogP contribution is 2.18. The van der Waals surface area contributed by atoms with Crippen LogP contribution in [0.15, 0.2) is 24.3 Å². The Bertz CT molecular complexity index is 599. The van der Waals surface area contributed by atoms with E-state index in [1.807, 2.05) is 24.3 Å². The van der Waals surface area contributed by atoms with E-state index >= 15 is 0 Å². The number of ether oxygens (including phenoxy) is 1. The van der Waals surface area contributed by atoms with E-state index in [9.17, 15) is 9.59 Å². The zero-order chi connectivity index (χ0) is 17.6. The number of nitrogens with one attached hydrogen (secondary N) is 2. The average molecular weight is 347 g/mol. The maximum Gasteiger partial charge on any atom is 0.279 e. The molecule has 7 heteroatoms. The first-order valence-corrected chi connectivity index (χ1v) is 8.97. The lowest BCUT2D eigenvalue weighted by Gasteiger charge is -2.29. The van der Waals surface area contributed by atoms with Crippen LogP contribution in [0.2, 0.25) is 0 Å². The molecule has 1 unspecified atom stereocenters. The third-order valence-electron chi connectivity index (χ3n) is 4.96. The van der Waals surface area contributed by atoms with Crippen LogP contribution in [0.5, 0.6) is 0 Å². The van der Waals surface area contributed by atoms with E-state index in [-0.39, 0.29) is 17.7 Å². The zero-order valence-electron chi connectivity index (χ0n) is 14.5. The largest absolute Gasteiger partial charge is 0.378 e. The number of carbonyl (C=O) groups excluding carboxylic acids is 2. The summed E-state index contributed by atoms with van der Waals surface area (Å²) in [5, 5.41) is 2.94. The number of anilines is 2. The number of quaternary nitrogens is 1. The molecule has 1 aromatic carbocycles. The van der Waals surface area contributed by atoms with E-state index in [2.05, 4.69) is 10.2 Å². The van der Waals surface area contributed by atoms with Crippen molar-refractivity contribution in [1.29, 1.82) is 0 Å². The van der Waals surface area contributed by atoms with Gasteiger partial charge in [0.25, 0.3) is 5.91 Å². The maximum absolute atomic E-state index is 12.3. The molecule has 0 aliphatic carbocycles. The summed E-state index contributed by atoms with van der Waals surface area (Å²) in [5.41, 5.74) is 7.34. The molecule has 2 atom stereocenters. The summed E-state index contributed by atoms with van der Waals surface area (Å²) in [6.45, 7) is 5.23. The number of primary amides is 1. The van der Waals surface area contributed by atoms with Gasteiger partial charge in [0.2, 0.25) is 5.91 Å². The van der Waals surface area contributed by atoms with E-state index in [4.69, 9.17) is 10.5 Å². The summed E-state index contributed by atoms with van der Waals surface area (Å²) in [5.74, 6) is -0.389. The van der Waals surface area contributed by atoms with Gasteiger partial charge in [-0.3, -0.25) is 9.59 Å². The topological polar surface area (TPSA) is 89.1 Å². The van der Waals surface area contributed by atoms with Gasteiger partial charge in [-0.1, -0.05) is 0 Å². The highest BCUT2D eigenvalue weighted by atomic mass is 16.5. The van der Waals surface area contributed by atoms with Crippen molar-refractivity contribution >= 4 is 23.2 Å². The molecule has 2 amide bonds. The minimum absolute atomic E-state index is 0.0285. The molecule has 3 rings (SSSR count). The van der Waals surface area contributed by atoms with E-state index in [1.165, 1.54) is 0 Å². The number of benzene rings is 1. The fourth-order valence-electron chi connectivity index (χ4n) is 3.56. The summed E-state index contributed by atoms with van der Waals surface area (Å²) in [7, 11) is 0. The Balaban J connectivity index is 1.50. The Labute approximate surface area is 148 Å². The molecule has 0 bridgehead atoms. The van der Waals surface area contributed by atoms with Crippen molar-refractivity contribution in [1.82, 2.24) is 0 Å². The molecule has 1 aromatic rings. The fourth-order valence-corrected chi connectivity index (χ4v) is 3.56. The minimum Gasteiger partial charge on any atom is -0.378 e. The van der Waals surface area contributed by atoms with E-state index in [0.29, 0.717) is 13.1 Å². The standard InChI is InChI=1S/C18H26N4O3/c19-18(24)14-2-1-7-21(12-14)13-17(23)20-15-3-5-16(6-4-15)22-8-10-25-11-9-22/h3-6,14H,1-2,7-13H2,(H2,19,24)(H,20,23)/p+1/t14-/m1/s1. The molecule has 0 aromatic heterocycles. The van der Waals surface area contributed by atoms with Crippen LogP contribution in [0.1, 0.15) is 12.8 Å². The summed E-state index contributed by atoms with van der Waals surface area (Å²) >= 11 is 0. The van der Waals surface area contributed by atoms with Crippen molar-refractivity contribution in [3.63, 3.8) is 0 Å². The van der Waals surface area contributed by atoms with Gasteiger partial charge in [0.05, 0.1) is 32.2 Å². The molecule has 2 fully saturated rings. The summed E-state index contributed by atoms with van der Waals surface area (Å²) in [4.78, 5) is 27.0. The lowest BCUT2D eigenvalue weighted by atomic mass is 9.97. The first-order chi connectivity index (χ1) is 12.1. The second kappa shape index (κ2) is 8.31. The molecule has 2 saturated heterocycles. The van der Waals surface area contributed by atoms with Crippen LogP contribution in [0.25, 0.3) is 0 Å². The number of nitrogens with two attached hydrogens (primary N) is 1. The van der Waals surface area contributed by atoms with Crippen LogP contribution >= 0.6 is 0 Å². The van der Waals surface area contributed by atoms with E-state index < -0.39 is 0 Å². The molecular formula is C18H27N4O3+. The third kappa shape index (κ3) is 4.93. The quantitative estimate of drug-likeness (QED) is 0.653. The maximum atomic E-state index is 12.3. The van der Waals surface area contributed by atoms with Gasteiger partial charge in [0, 0.05) is 24.5 Å². The highest BCUT2D eigenvalue weighted by Gasteiger charge is 2.28. The molecule has 0 saturated carbocycles. The van der Waals surface area contributed by atoms with Gasteiger partial charge in [-0.2, -0.15) is 0 Å². The Kier molecular flexibility index (Phi) is 5.88. The molecule has 4 N–H and O–H groups in total. The summed E-state index contributed by atoms with van der Waals surface area (Å²) < 4.78 is 5.36. The number of morpholine rings is 1. The Morgan fingerprint density at radius 3 is 2.64 bits per heavy atom. The molecule has 2 aliphatic heterocycles. The fraction of sp³-hybridized carbons (Fsp3) is 0.556. The zero-order valence-corrected chi connectivity index (χ0v) is 14.5. The molecule has 7 nitrogen and oxygen atoms in total. The highest BCUT2D eigenvalue weighted by molar-refractivity contribution is 5.91. The molecule has 2 aliphatic rings. The smallest absolute Gasteiger partial charge is 0.279 e. The molecule has 25 heavy (non-hydrogen) atoms. The predicted octanol–water partition coefficient (Wildman–Crippen LogP) is -0.758. The number of piperidine rings is 1. The molecule has 0 spiro atoms. The van der Waals surface area contributed by atoms with E-state index in [1.54, 1.807) is 0 Å². The monoisotopic (exact) mass is 347 g/mol. The average Bonchev–Trinajstić information content (AvgIpc) is 2.63. The number of rotatable bonds is 5. The first kappa shape index (κ1) is 17.7. The number of nitrogens with zero attached hydrogens (tertiary/aromatic N) is 1. The van der Waals surface area contributed by atoms with Crippen molar-refractivity contribution in [2.45, 2.75) is 12.8 Å². The van der Waals surface area contributed by atoms with Gasteiger partial charge in [-0.05, 0) is 37.1 Å². The van der Waals surface area contributed by atoms with Crippen LogP contribution in [0.4, 0.5) is 11.4 Å². The first-order valence-electron chi connectivity index (χ1n) is 8.97. The minimum atomic E-state index is -0.253. The second-order valence-corrected chi connectivity index (χ2v) is 6.82. The molecular weight excluding hydrogens is 320 g/mol. The van der Waals surface area contributed by atoms with Crippen LogP contribution in [-0.2, 0) is 14.3 Å². The van der Waals surface area contributed by atoms with Crippen LogP contribution in [0.3, 0.4) is 0 Å². The number of amides is 2. The van der Waals surface area contributed by atoms with Gasteiger partial charge in [-0.25, -0.2) is 0 Å². The number of hydrogen-bond donors (Lipinski definition) is 3. The van der Waals surface area contributed by atoms with Gasteiger partial charge in [-0.15, -0.1) is 0 Å². The number of likely N-dealkylation sites (tertiary alicyclic amines) is 1. The van der Waals surface area contributed by atoms with Crippen molar-refractivity contribution in [3.05, 3.63) is 24.3 Å². The molecule has 2 heterocycles. The number of hydrogen-bond acceptors (Lipinski definition) is 4. The Morgan fingerprint density at radius 2 is 1.96 bits per heavy atom. The summed E-state index contributed by atoms with van der Waals surface area (Å²) in [6, 6.07) is 7.91. The van der Waals surface area contributed by atoms with Crippen LogP contribution in [0, 0.1) is 5.92 Å².